The van der Waals surface area contributed by atoms with Crippen LogP contribution >= 0.6 is 0 Å². The number of likely N-dealkylation sites (tertiary alicyclic amines) is 1. The highest BCUT2D eigenvalue weighted by molar-refractivity contribution is 5.93. The molecule has 0 atom stereocenters. The van der Waals surface area contributed by atoms with Gasteiger partial charge in [-0.1, -0.05) is 39.5 Å². The number of amides is 1. The van der Waals surface area contributed by atoms with Crippen molar-refractivity contribution in [1.82, 2.24) is 14.7 Å². The molecule has 1 aliphatic heterocycles. The average Bonchev–Trinajstić information content (AvgIpc) is 3.19. The number of hydrogen-bond acceptors (Lipinski definition) is 4. The fourth-order valence-corrected chi connectivity index (χ4v) is 3.39. The topological polar surface area (TPSA) is 81.2 Å². The van der Waals surface area contributed by atoms with E-state index >= 15 is 0 Å². The lowest BCUT2D eigenvalue weighted by molar-refractivity contribution is -0.132. The summed E-state index contributed by atoms with van der Waals surface area (Å²) in [5.74, 6) is 0.326. The Morgan fingerprint density at radius 2 is 1.67 bits per heavy atom. The van der Waals surface area contributed by atoms with Crippen molar-refractivity contribution in [2.45, 2.75) is 84.6 Å². The quantitative estimate of drug-likeness (QED) is 0.493. The summed E-state index contributed by atoms with van der Waals surface area (Å²) in [4.78, 5) is 25.7. The first kappa shape index (κ1) is 23.3. The zero-order valence-electron chi connectivity index (χ0n) is 17.5. The van der Waals surface area contributed by atoms with E-state index < -0.39 is 0 Å². The van der Waals surface area contributed by atoms with Gasteiger partial charge in [0.05, 0.1) is 17.8 Å². The molecule has 2 rings (SSSR count). The third-order valence-electron chi connectivity index (χ3n) is 5.04. The molecule has 154 valence electrons. The Kier molecular flexibility index (Phi) is 11.7. The van der Waals surface area contributed by atoms with Gasteiger partial charge >= 0.3 is 0 Å². The molecule has 0 aromatic carbocycles. The number of ketones is 1. The molecule has 0 spiro atoms. The van der Waals surface area contributed by atoms with Gasteiger partial charge in [0.1, 0.15) is 0 Å². The van der Waals surface area contributed by atoms with Crippen molar-refractivity contribution < 1.29 is 9.59 Å². The monoisotopic (exact) mass is 378 g/mol. The molecule has 0 unspecified atom stereocenters. The second-order valence-corrected chi connectivity index (χ2v) is 7.04. The first-order chi connectivity index (χ1) is 13.1. The van der Waals surface area contributed by atoms with Crippen LogP contribution in [0.2, 0.25) is 0 Å². The summed E-state index contributed by atoms with van der Waals surface area (Å²) in [6.45, 7) is 7.91. The number of aromatic nitrogens is 2. The highest BCUT2D eigenvalue weighted by atomic mass is 16.2. The number of nitrogens with zero attached hydrogens (tertiary/aromatic N) is 3. The molecule has 6 heteroatoms. The van der Waals surface area contributed by atoms with E-state index in [4.69, 9.17) is 5.73 Å². The summed E-state index contributed by atoms with van der Waals surface area (Å²) in [6, 6.07) is 0.291. The Bertz CT molecular complexity index is 548. The van der Waals surface area contributed by atoms with Gasteiger partial charge in [-0.15, -0.1) is 0 Å². The zero-order valence-corrected chi connectivity index (χ0v) is 17.5. The Morgan fingerprint density at radius 3 is 2.22 bits per heavy atom. The lowest BCUT2D eigenvalue weighted by Gasteiger charge is -2.32. The van der Waals surface area contributed by atoms with Crippen LogP contribution in [0, 0.1) is 0 Å². The van der Waals surface area contributed by atoms with Crippen LogP contribution in [0.5, 0.6) is 0 Å². The van der Waals surface area contributed by atoms with Gasteiger partial charge in [-0.05, 0) is 39.2 Å². The summed E-state index contributed by atoms with van der Waals surface area (Å²) >= 11 is 0. The molecule has 0 aliphatic carbocycles. The first-order valence-electron chi connectivity index (χ1n) is 10.6. The Hall–Kier alpha value is -1.69. The lowest BCUT2D eigenvalue weighted by atomic mass is 10.0. The zero-order chi connectivity index (χ0) is 20.1. The first-order valence-corrected chi connectivity index (χ1v) is 10.6. The van der Waals surface area contributed by atoms with Crippen molar-refractivity contribution in [3.8, 4) is 0 Å². The van der Waals surface area contributed by atoms with E-state index in [0.717, 1.165) is 51.7 Å². The molecule has 1 fully saturated rings. The van der Waals surface area contributed by atoms with E-state index in [0.29, 0.717) is 18.0 Å². The molecule has 6 nitrogen and oxygen atoms in total. The normalized spacial score (nSPS) is 14.6. The van der Waals surface area contributed by atoms with Gasteiger partial charge < -0.3 is 10.6 Å². The predicted molar refractivity (Wildman–Crippen MR) is 110 cm³/mol. The summed E-state index contributed by atoms with van der Waals surface area (Å²) in [6.07, 6.45) is 12.8. The molecule has 1 amide bonds. The maximum Gasteiger partial charge on any atom is 0.222 e. The minimum Gasteiger partial charge on any atom is -0.343 e. The molecular formula is C21H38N4O2. The van der Waals surface area contributed by atoms with Crippen LogP contribution in [-0.2, 0) is 4.79 Å². The Morgan fingerprint density at radius 1 is 1.07 bits per heavy atom. The molecular weight excluding hydrogens is 340 g/mol. The molecule has 0 saturated carbocycles. The SMILES string of the molecule is CC.CC(=O)c1cnn(C2CCN(C(=O)CCCCCCCCN)CC2)c1. The van der Waals surface area contributed by atoms with Crippen LogP contribution in [0.25, 0.3) is 0 Å². The Balaban J connectivity index is 0.00000176. The minimum atomic E-state index is 0.0434. The molecule has 2 heterocycles. The van der Waals surface area contributed by atoms with Crippen LogP contribution in [0.1, 0.15) is 95.0 Å². The second-order valence-electron chi connectivity index (χ2n) is 7.04. The van der Waals surface area contributed by atoms with Gasteiger partial charge in [-0.3, -0.25) is 14.3 Å². The maximum atomic E-state index is 12.3. The van der Waals surface area contributed by atoms with Crippen LogP contribution in [0.15, 0.2) is 12.4 Å². The number of piperidine rings is 1. The number of carbonyl (C=O) groups is 2. The van der Waals surface area contributed by atoms with Crippen molar-refractivity contribution in [2.24, 2.45) is 5.73 Å². The molecule has 1 aliphatic rings. The average molecular weight is 379 g/mol. The van der Waals surface area contributed by atoms with Crippen LogP contribution in [0.3, 0.4) is 0 Å². The van der Waals surface area contributed by atoms with Crippen LogP contribution in [0.4, 0.5) is 0 Å². The van der Waals surface area contributed by atoms with Crippen molar-refractivity contribution in [3.05, 3.63) is 18.0 Å². The molecule has 27 heavy (non-hydrogen) atoms. The summed E-state index contributed by atoms with van der Waals surface area (Å²) < 4.78 is 1.89. The van der Waals surface area contributed by atoms with Gasteiger partial charge in [0.25, 0.3) is 0 Å². The Labute approximate surface area is 164 Å². The van der Waals surface area contributed by atoms with E-state index in [1.807, 2.05) is 29.6 Å². The highest BCUT2D eigenvalue weighted by Gasteiger charge is 2.24. The van der Waals surface area contributed by atoms with Crippen molar-refractivity contribution in [2.75, 3.05) is 19.6 Å². The van der Waals surface area contributed by atoms with E-state index in [2.05, 4.69) is 5.10 Å². The minimum absolute atomic E-state index is 0.0434. The van der Waals surface area contributed by atoms with Gasteiger partial charge in [-0.2, -0.15) is 5.10 Å². The van der Waals surface area contributed by atoms with Crippen LogP contribution in [-0.4, -0.2) is 46.0 Å². The van der Waals surface area contributed by atoms with Gasteiger partial charge in [0.15, 0.2) is 5.78 Å². The molecule has 1 aromatic heterocycles. The molecule has 1 saturated heterocycles. The standard InChI is InChI=1S/C19H32N4O2.C2H6/c1-16(24)17-14-21-23(15-17)18-9-12-22(13-10-18)19(25)8-6-4-2-3-5-7-11-20;1-2/h14-15,18H,2-13,20H2,1H3;1-2H3. The number of carbonyl (C=O) groups excluding carboxylic acids is 2. The number of Topliss-reactive ketones (excluding diaryl/α,β-unsaturated/α-hetero) is 1. The number of nitrogens with two attached hydrogens (primary N) is 1. The molecule has 0 radical (unpaired) electrons. The third-order valence-corrected chi connectivity index (χ3v) is 5.04. The van der Waals surface area contributed by atoms with Crippen LogP contribution < -0.4 is 5.73 Å². The highest BCUT2D eigenvalue weighted by Crippen LogP contribution is 2.23. The number of unbranched alkanes of at least 4 members (excludes halogenated alkanes) is 5. The van der Waals surface area contributed by atoms with E-state index in [1.165, 1.54) is 19.3 Å². The van der Waals surface area contributed by atoms with Gasteiger partial charge in [0.2, 0.25) is 5.91 Å². The number of rotatable bonds is 10. The summed E-state index contributed by atoms with van der Waals surface area (Å²) in [7, 11) is 0. The van der Waals surface area contributed by atoms with Gasteiger partial charge in [-0.25, -0.2) is 0 Å². The third kappa shape index (κ3) is 8.24. The molecule has 1 aromatic rings. The number of hydrogen-bond donors (Lipinski definition) is 1. The van der Waals surface area contributed by atoms with Crippen molar-refractivity contribution in [1.29, 1.82) is 0 Å². The largest absolute Gasteiger partial charge is 0.343 e. The van der Waals surface area contributed by atoms with Crippen molar-refractivity contribution >= 4 is 11.7 Å². The fraction of sp³-hybridized carbons (Fsp3) is 0.762. The lowest BCUT2D eigenvalue weighted by Crippen LogP contribution is -2.39. The predicted octanol–water partition coefficient (Wildman–Crippen LogP) is 3.96. The molecule has 2 N–H and O–H groups in total. The van der Waals surface area contributed by atoms with Crippen molar-refractivity contribution in [3.63, 3.8) is 0 Å². The van der Waals surface area contributed by atoms with Gasteiger partial charge in [0, 0.05) is 25.7 Å². The molecule has 0 bridgehead atoms. The summed E-state index contributed by atoms with van der Waals surface area (Å²) in [5, 5.41) is 4.31. The second kappa shape index (κ2) is 13.5. The smallest absolute Gasteiger partial charge is 0.222 e. The fourth-order valence-electron chi connectivity index (χ4n) is 3.39. The maximum absolute atomic E-state index is 12.3. The summed E-state index contributed by atoms with van der Waals surface area (Å²) in [5.41, 5.74) is 6.14. The van der Waals surface area contributed by atoms with E-state index in [9.17, 15) is 9.59 Å². The van der Waals surface area contributed by atoms with E-state index in [1.54, 1.807) is 13.1 Å². The van der Waals surface area contributed by atoms with E-state index in [-0.39, 0.29) is 11.7 Å².